The zero-order valence-corrected chi connectivity index (χ0v) is 15.7. The first kappa shape index (κ1) is 17.5. The highest BCUT2D eigenvalue weighted by Crippen LogP contribution is 2.38. The molecule has 2 aliphatic heterocycles. The van der Waals surface area contributed by atoms with Gasteiger partial charge in [-0.25, -0.2) is 0 Å². The Morgan fingerprint density at radius 1 is 1.19 bits per heavy atom. The molecule has 0 amide bonds. The number of ether oxygens (including phenoxy) is 1. The first-order valence-electron chi connectivity index (χ1n) is 9.07. The van der Waals surface area contributed by atoms with Crippen LogP contribution in [0.3, 0.4) is 0 Å². The quantitative estimate of drug-likeness (QED) is 0.808. The van der Waals surface area contributed by atoms with Gasteiger partial charge < -0.3 is 19.4 Å². The maximum absolute atomic E-state index is 5.99. The number of nitrogens with one attached hydrogen (secondary N) is 1. The van der Waals surface area contributed by atoms with Gasteiger partial charge in [-0.15, -0.1) is 0 Å². The van der Waals surface area contributed by atoms with Gasteiger partial charge in [-0.3, -0.25) is 9.88 Å². The Morgan fingerprint density at radius 3 is 2.73 bits per heavy atom. The Morgan fingerprint density at radius 2 is 2.04 bits per heavy atom. The van der Waals surface area contributed by atoms with Crippen LogP contribution in [0.15, 0.2) is 40.9 Å². The van der Waals surface area contributed by atoms with Crippen molar-refractivity contribution in [1.82, 2.24) is 20.1 Å². The van der Waals surface area contributed by atoms with E-state index in [1.807, 2.05) is 43.5 Å². The highest BCUT2D eigenvalue weighted by atomic mass is 32.1. The Kier molecular flexibility index (Phi) is 5.19. The molecule has 1 N–H and O–H groups in total. The van der Waals surface area contributed by atoms with Gasteiger partial charge in [-0.2, -0.15) is 0 Å². The molecule has 2 atom stereocenters. The number of furan rings is 1. The maximum Gasteiger partial charge on any atom is 0.170 e. The van der Waals surface area contributed by atoms with Gasteiger partial charge in [0.1, 0.15) is 17.6 Å². The molecule has 2 fully saturated rings. The highest BCUT2D eigenvalue weighted by molar-refractivity contribution is 7.80. The SMILES string of the molecule is Cc1ccc(C2C(c3ccccn3)NC(=S)N2CCN2CCOCC2)o1. The van der Waals surface area contributed by atoms with Crippen LogP contribution in [0.4, 0.5) is 0 Å². The highest BCUT2D eigenvalue weighted by Gasteiger charge is 2.41. The van der Waals surface area contributed by atoms with E-state index in [0.29, 0.717) is 0 Å². The molecular formula is C19H24N4O2S. The van der Waals surface area contributed by atoms with Gasteiger partial charge in [-0.1, -0.05) is 6.07 Å². The lowest BCUT2D eigenvalue weighted by atomic mass is 10.0. The van der Waals surface area contributed by atoms with E-state index in [4.69, 9.17) is 21.4 Å². The number of rotatable bonds is 5. The van der Waals surface area contributed by atoms with Crippen LogP contribution in [0.2, 0.25) is 0 Å². The molecule has 2 saturated heterocycles. The largest absolute Gasteiger partial charge is 0.464 e. The second kappa shape index (κ2) is 7.73. The molecule has 0 spiro atoms. The summed E-state index contributed by atoms with van der Waals surface area (Å²) >= 11 is 5.67. The van der Waals surface area contributed by atoms with Crippen LogP contribution in [0.5, 0.6) is 0 Å². The molecule has 0 bridgehead atoms. The molecule has 0 radical (unpaired) electrons. The normalized spacial score (nSPS) is 24.0. The molecule has 0 saturated carbocycles. The smallest absolute Gasteiger partial charge is 0.170 e. The van der Waals surface area contributed by atoms with Crippen LogP contribution in [-0.2, 0) is 4.74 Å². The average molecular weight is 372 g/mol. The summed E-state index contributed by atoms with van der Waals surface area (Å²) in [6.45, 7) is 7.33. The van der Waals surface area contributed by atoms with Gasteiger partial charge >= 0.3 is 0 Å². The molecule has 2 aromatic heterocycles. The second-order valence-corrected chi connectivity index (χ2v) is 7.11. The Labute approximate surface area is 159 Å². The van der Waals surface area contributed by atoms with E-state index in [9.17, 15) is 0 Å². The number of aryl methyl sites for hydroxylation is 1. The van der Waals surface area contributed by atoms with E-state index >= 15 is 0 Å². The van der Waals surface area contributed by atoms with Gasteiger partial charge in [0.25, 0.3) is 0 Å². The van der Waals surface area contributed by atoms with E-state index in [0.717, 1.165) is 61.7 Å². The van der Waals surface area contributed by atoms with Crippen LogP contribution in [0, 0.1) is 6.92 Å². The number of thiocarbonyl (C=S) groups is 1. The Hall–Kier alpha value is -1.96. The van der Waals surface area contributed by atoms with Crippen molar-refractivity contribution in [1.29, 1.82) is 0 Å². The third-order valence-electron chi connectivity index (χ3n) is 5.01. The summed E-state index contributed by atoms with van der Waals surface area (Å²) in [4.78, 5) is 9.20. The van der Waals surface area contributed by atoms with E-state index in [1.165, 1.54) is 0 Å². The van der Waals surface area contributed by atoms with Gasteiger partial charge in [0.05, 0.1) is 24.9 Å². The van der Waals surface area contributed by atoms with Crippen molar-refractivity contribution in [2.24, 2.45) is 0 Å². The summed E-state index contributed by atoms with van der Waals surface area (Å²) in [5, 5.41) is 4.21. The lowest BCUT2D eigenvalue weighted by Gasteiger charge is -2.31. The number of morpholine rings is 1. The van der Waals surface area contributed by atoms with Gasteiger partial charge in [0.15, 0.2) is 5.11 Å². The van der Waals surface area contributed by atoms with Gasteiger partial charge in [0.2, 0.25) is 0 Å². The van der Waals surface area contributed by atoms with Gasteiger partial charge in [0, 0.05) is 32.4 Å². The van der Waals surface area contributed by atoms with Crippen molar-refractivity contribution >= 4 is 17.3 Å². The summed E-state index contributed by atoms with van der Waals surface area (Å²) < 4.78 is 11.4. The second-order valence-electron chi connectivity index (χ2n) is 6.72. The summed E-state index contributed by atoms with van der Waals surface area (Å²) in [6, 6.07) is 10.0. The summed E-state index contributed by atoms with van der Waals surface area (Å²) in [5.74, 6) is 1.83. The molecule has 0 aromatic carbocycles. The maximum atomic E-state index is 5.99. The minimum absolute atomic E-state index is 0.00661. The Balaban J connectivity index is 1.57. The van der Waals surface area contributed by atoms with Crippen molar-refractivity contribution in [2.45, 2.75) is 19.0 Å². The van der Waals surface area contributed by atoms with Crippen molar-refractivity contribution in [3.63, 3.8) is 0 Å². The predicted molar refractivity (Wildman–Crippen MR) is 103 cm³/mol. The molecule has 4 rings (SSSR count). The lowest BCUT2D eigenvalue weighted by Crippen LogP contribution is -2.42. The predicted octanol–water partition coefficient (Wildman–Crippen LogP) is 2.29. The van der Waals surface area contributed by atoms with E-state index in [1.54, 1.807) is 0 Å². The average Bonchev–Trinajstić information content (AvgIpc) is 3.24. The van der Waals surface area contributed by atoms with Crippen LogP contribution < -0.4 is 5.32 Å². The first-order valence-corrected chi connectivity index (χ1v) is 9.48. The van der Waals surface area contributed by atoms with Gasteiger partial charge in [-0.05, 0) is 43.4 Å². The van der Waals surface area contributed by atoms with Crippen molar-refractivity contribution in [3.05, 3.63) is 53.7 Å². The third kappa shape index (κ3) is 3.60. The van der Waals surface area contributed by atoms with E-state index < -0.39 is 0 Å². The van der Waals surface area contributed by atoms with E-state index in [2.05, 4.69) is 20.1 Å². The molecule has 26 heavy (non-hydrogen) atoms. The van der Waals surface area contributed by atoms with Crippen LogP contribution in [-0.4, -0.2) is 59.3 Å². The van der Waals surface area contributed by atoms with Crippen LogP contribution >= 0.6 is 12.2 Å². The summed E-state index contributed by atoms with van der Waals surface area (Å²) in [5.41, 5.74) is 0.975. The summed E-state index contributed by atoms with van der Waals surface area (Å²) in [7, 11) is 0. The van der Waals surface area contributed by atoms with Crippen molar-refractivity contribution in [2.75, 3.05) is 39.4 Å². The molecule has 2 aromatic rings. The van der Waals surface area contributed by atoms with E-state index in [-0.39, 0.29) is 12.1 Å². The zero-order chi connectivity index (χ0) is 17.9. The minimum atomic E-state index is -0.0149. The van der Waals surface area contributed by atoms with Crippen molar-refractivity contribution in [3.8, 4) is 0 Å². The number of hydrogen-bond acceptors (Lipinski definition) is 5. The minimum Gasteiger partial charge on any atom is -0.464 e. The topological polar surface area (TPSA) is 53.8 Å². The molecular weight excluding hydrogens is 348 g/mol. The molecule has 2 aliphatic rings. The number of nitrogens with zero attached hydrogens (tertiary/aromatic N) is 3. The molecule has 2 unspecified atom stereocenters. The monoisotopic (exact) mass is 372 g/mol. The van der Waals surface area contributed by atoms with Crippen LogP contribution in [0.25, 0.3) is 0 Å². The van der Waals surface area contributed by atoms with Crippen molar-refractivity contribution < 1.29 is 9.15 Å². The Bertz CT molecular complexity index is 745. The molecule has 138 valence electrons. The zero-order valence-electron chi connectivity index (χ0n) is 14.9. The fraction of sp³-hybridized carbons (Fsp3) is 0.474. The number of pyridine rings is 1. The fourth-order valence-electron chi connectivity index (χ4n) is 3.64. The molecule has 6 nitrogen and oxygen atoms in total. The molecule has 4 heterocycles. The van der Waals surface area contributed by atoms with Crippen LogP contribution in [0.1, 0.15) is 29.3 Å². The molecule has 7 heteroatoms. The fourth-order valence-corrected chi connectivity index (χ4v) is 3.97. The summed E-state index contributed by atoms with van der Waals surface area (Å²) in [6.07, 6.45) is 1.82. The third-order valence-corrected chi connectivity index (χ3v) is 5.36. The molecule has 0 aliphatic carbocycles. The number of aromatic nitrogens is 1. The standard InChI is InChI=1S/C19H24N4O2S/c1-14-5-6-16(25-14)18-17(15-4-2-3-7-20-15)21-19(26)23(18)9-8-22-10-12-24-13-11-22/h2-7,17-18H,8-13H2,1H3,(H,21,26). The number of hydrogen-bond donors (Lipinski definition) is 1. The first-order chi connectivity index (χ1) is 12.7. The lowest BCUT2D eigenvalue weighted by molar-refractivity contribution is 0.0347.